The van der Waals surface area contributed by atoms with Crippen LogP contribution in [0.2, 0.25) is 0 Å². The van der Waals surface area contributed by atoms with E-state index in [1.807, 2.05) is 0 Å². The minimum atomic E-state index is -5.24. The second kappa shape index (κ2) is 36.2. The summed E-state index contributed by atoms with van der Waals surface area (Å²) in [6.45, 7) is 4.47. The Bertz CT molecular complexity index is 841. The van der Waals surface area contributed by atoms with Crippen molar-refractivity contribution in [3.05, 3.63) is 0 Å². The van der Waals surface area contributed by atoms with Gasteiger partial charge in [0, 0.05) is 11.9 Å². The van der Waals surface area contributed by atoms with Gasteiger partial charge in [0.1, 0.15) is 4.75 Å². The molecule has 0 amide bonds. The van der Waals surface area contributed by atoms with Gasteiger partial charge in [-0.1, -0.05) is 206 Å². The molecule has 274 valence electrons. The molecule has 7 nitrogen and oxygen atoms in total. The molecule has 0 aromatic carbocycles. The summed E-state index contributed by atoms with van der Waals surface area (Å²) in [5.41, 5.74) is 0. The van der Waals surface area contributed by atoms with Gasteiger partial charge in [-0.05, 0) is 12.8 Å². The van der Waals surface area contributed by atoms with Gasteiger partial charge < -0.3 is 19.8 Å². The van der Waals surface area contributed by atoms with Gasteiger partial charge in [0.25, 0.3) is 10.1 Å². The van der Waals surface area contributed by atoms with Crippen LogP contribution in [0, 0.1) is 5.92 Å². The van der Waals surface area contributed by atoms with Crippen molar-refractivity contribution in [1.29, 1.82) is 0 Å². The smallest absolute Gasteiger partial charge is 0.550 e. The molecule has 48 heavy (non-hydrogen) atoms. The van der Waals surface area contributed by atoms with Crippen LogP contribution >= 0.6 is 0 Å². The molecule has 2 atom stereocenters. The zero-order valence-electron chi connectivity index (χ0n) is 32.0. The number of hydrogen-bond acceptors (Lipinski definition) is 6. The van der Waals surface area contributed by atoms with E-state index in [9.17, 15) is 32.8 Å². The van der Waals surface area contributed by atoms with Crippen molar-refractivity contribution in [2.24, 2.45) is 5.92 Å². The summed E-state index contributed by atoms with van der Waals surface area (Å²) >= 11 is 0. The summed E-state index contributed by atoms with van der Waals surface area (Å²) in [5.74, 6) is -5.65. The molecule has 0 aromatic heterocycles. The Kier molecular flexibility index (Phi) is 40.1. The Morgan fingerprint density at radius 1 is 0.500 bits per heavy atom. The maximum atomic E-state index is 12.4. The molecular formula is C38H72Na2O7S. The molecule has 0 bridgehead atoms. The first-order chi connectivity index (χ1) is 22.1. The van der Waals surface area contributed by atoms with Crippen LogP contribution in [0.5, 0.6) is 0 Å². The topological polar surface area (TPSA) is 135 Å². The summed E-state index contributed by atoms with van der Waals surface area (Å²) in [6, 6.07) is 0. The zero-order valence-corrected chi connectivity index (χ0v) is 36.8. The minimum Gasteiger partial charge on any atom is -0.550 e. The monoisotopic (exact) mass is 718 g/mol. The first kappa shape index (κ1) is 53.2. The quantitative estimate of drug-likeness (QED) is 0.0598. The summed E-state index contributed by atoms with van der Waals surface area (Å²) in [6.07, 6.45) is 32.7. The molecule has 0 aliphatic rings. The van der Waals surface area contributed by atoms with E-state index in [0.29, 0.717) is 19.3 Å². The number of rotatable bonds is 36. The van der Waals surface area contributed by atoms with Crippen molar-refractivity contribution in [3.63, 3.8) is 0 Å². The van der Waals surface area contributed by atoms with Crippen molar-refractivity contribution in [2.75, 3.05) is 0 Å². The summed E-state index contributed by atoms with van der Waals surface area (Å²) in [4.78, 5) is 24.3. The van der Waals surface area contributed by atoms with Gasteiger partial charge in [-0.3, -0.25) is 4.55 Å². The average Bonchev–Trinajstić information content (AvgIpc) is 3.00. The second-order valence-corrected chi connectivity index (χ2v) is 15.6. The first-order valence-electron chi connectivity index (χ1n) is 19.5. The predicted molar refractivity (Wildman–Crippen MR) is 187 cm³/mol. The van der Waals surface area contributed by atoms with Gasteiger partial charge >= 0.3 is 59.1 Å². The van der Waals surface area contributed by atoms with E-state index in [0.717, 1.165) is 44.9 Å². The fourth-order valence-corrected chi connectivity index (χ4v) is 8.04. The fourth-order valence-electron chi connectivity index (χ4n) is 6.85. The van der Waals surface area contributed by atoms with Gasteiger partial charge in [-0.25, -0.2) is 0 Å². The largest absolute Gasteiger partial charge is 1.00 e. The maximum absolute atomic E-state index is 12.4. The molecular weight excluding hydrogens is 646 g/mol. The standard InChI is InChI=1S/C38H74O7S.2Na/c1-3-5-7-9-11-13-15-17-19-20-22-24-26-28-30-32-34-38(37(41)42,46(43,44)45)35(36(39)40)33-31-29-27-25-23-21-18-16-14-12-10-8-6-4-2;;/h35H,3-34H2,1-2H3,(H,39,40)(H,41,42)(H,43,44,45);;/q;2*+1/p-2. The molecule has 0 radical (unpaired) electrons. The molecule has 0 saturated carbocycles. The number of hydrogen-bond donors (Lipinski definition) is 1. The van der Waals surface area contributed by atoms with Crippen LogP contribution in [-0.4, -0.2) is 29.7 Å². The number of aliphatic carboxylic acids is 2. The molecule has 10 heteroatoms. The van der Waals surface area contributed by atoms with Gasteiger partial charge in [0.15, 0.2) is 0 Å². The van der Waals surface area contributed by atoms with Crippen molar-refractivity contribution >= 4 is 22.1 Å². The molecule has 1 N–H and O–H groups in total. The van der Waals surface area contributed by atoms with E-state index in [2.05, 4.69) is 13.8 Å². The molecule has 0 fully saturated rings. The third kappa shape index (κ3) is 26.6. The summed E-state index contributed by atoms with van der Waals surface area (Å²) in [7, 11) is -5.24. The van der Waals surface area contributed by atoms with E-state index in [-0.39, 0.29) is 72.0 Å². The van der Waals surface area contributed by atoms with E-state index in [4.69, 9.17) is 0 Å². The zero-order chi connectivity index (χ0) is 34.4. The molecule has 2 unspecified atom stereocenters. The Labute approximate surface area is 341 Å². The maximum Gasteiger partial charge on any atom is 1.00 e. The number of carbonyl (C=O) groups is 2. The first-order valence-corrected chi connectivity index (χ1v) is 21.0. The van der Waals surface area contributed by atoms with E-state index in [1.165, 1.54) is 122 Å². The molecule has 0 aromatic rings. The van der Waals surface area contributed by atoms with E-state index >= 15 is 0 Å². The number of carboxylic acid groups (broad SMARTS) is 2. The third-order valence-electron chi connectivity index (χ3n) is 9.90. The second-order valence-electron chi connectivity index (χ2n) is 14.0. The van der Waals surface area contributed by atoms with Gasteiger partial charge in [0.2, 0.25) is 0 Å². The average molecular weight is 719 g/mol. The molecule has 0 rings (SSSR count). The summed E-state index contributed by atoms with van der Waals surface area (Å²) in [5, 5.41) is 24.3. The Morgan fingerprint density at radius 3 is 0.979 bits per heavy atom. The Hall–Kier alpha value is 0.850. The van der Waals surface area contributed by atoms with Gasteiger partial charge in [-0.15, -0.1) is 0 Å². The van der Waals surface area contributed by atoms with Crippen molar-refractivity contribution in [2.45, 2.75) is 224 Å². The molecule has 0 aliphatic heterocycles. The van der Waals surface area contributed by atoms with Crippen molar-refractivity contribution in [1.82, 2.24) is 0 Å². The summed E-state index contributed by atoms with van der Waals surface area (Å²) < 4.78 is 32.0. The molecule has 0 saturated heterocycles. The number of carbonyl (C=O) groups excluding carboxylic acids is 2. The van der Waals surface area contributed by atoms with E-state index < -0.39 is 39.1 Å². The number of carboxylic acids is 2. The van der Waals surface area contributed by atoms with Crippen LogP contribution in [0.25, 0.3) is 0 Å². The van der Waals surface area contributed by atoms with E-state index in [1.54, 1.807) is 0 Å². The van der Waals surface area contributed by atoms with Crippen LogP contribution < -0.4 is 69.3 Å². The normalized spacial score (nSPS) is 13.3. The number of unbranched alkanes of at least 4 members (excludes halogenated alkanes) is 28. The van der Waals surface area contributed by atoms with Crippen LogP contribution in [0.1, 0.15) is 219 Å². The Morgan fingerprint density at radius 2 is 0.750 bits per heavy atom. The third-order valence-corrected chi connectivity index (χ3v) is 11.5. The fraction of sp³-hybridized carbons (Fsp3) is 0.947. The van der Waals surface area contributed by atoms with Crippen molar-refractivity contribution in [3.8, 4) is 0 Å². The predicted octanol–water partition coefficient (Wildman–Crippen LogP) is 3.26. The minimum absolute atomic E-state index is 0. The molecule has 0 heterocycles. The Balaban J connectivity index is -0.0000101. The van der Waals surface area contributed by atoms with Gasteiger partial charge in [0.05, 0.1) is 5.97 Å². The van der Waals surface area contributed by atoms with Gasteiger partial charge in [-0.2, -0.15) is 8.42 Å². The SMILES string of the molecule is CCCCCCCCCCCCCCCCCCC(C(=O)[O-])(C(CCCCCCCCCCCCCCCC)C(=O)[O-])S(=O)(=O)O.[Na+].[Na+]. The van der Waals surface area contributed by atoms with Crippen LogP contribution in [-0.2, 0) is 19.7 Å². The van der Waals surface area contributed by atoms with Crippen molar-refractivity contribution < 1.29 is 91.9 Å². The van der Waals surface area contributed by atoms with Crippen LogP contribution in [0.4, 0.5) is 0 Å². The van der Waals surface area contributed by atoms with Crippen LogP contribution in [0.3, 0.4) is 0 Å². The van der Waals surface area contributed by atoms with Crippen LogP contribution in [0.15, 0.2) is 0 Å². The molecule has 0 spiro atoms. The molecule has 0 aliphatic carbocycles.